The Morgan fingerprint density at radius 3 is 2.69 bits per heavy atom. The van der Waals surface area contributed by atoms with Crippen molar-refractivity contribution < 1.29 is 14.4 Å². The summed E-state index contributed by atoms with van der Waals surface area (Å²) in [7, 11) is 0. The van der Waals surface area contributed by atoms with Gasteiger partial charge in [-0.3, -0.25) is 0 Å². The van der Waals surface area contributed by atoms with Crippen molar-refractivity contribution in [3.8, 4) is 6.07 Å². The van der Waals surface area contributed by atoms with E-state index in [0.29, 0.717) is 5.71 Å². The summed E-state index contributed by atoms with van der Waals surface area (Å²) in [5, 5.41) is 12.9. The highest BCUT2D eigenvalue weighted by molar-refractivity contribution is 5.98. The molecule has 0 spiro atoms. The van der Waals surface area contributed by atoms with Gasteiger partial charge in [0.05, 0.1) is 18.4 Å². The van der Waals surface area contributed by atoms with Crippen LogP contribution in [0.3, 0.4) is 0 Å². The van der Waals surface area contributed by atoms with Crippen molar-refractivity contribution in [1.29, 1.82) is 5.26 Å². The van der Waals surface area contributed by atoms with Crippen LogP contribution in [0.15, 0.2) is 5.16 Å². The highest BCUT2D eigenvalue weighted by Crippen LogP contribution is 2.30. The van der Waals surface area contributed by atoms with E-state index in [4.69, 9.17) is 14.8 Å². The average molecular weight is 224 g/mol. The molecule has 0 aromatic heterocycles. The maximum Gasteiger partial charge on any atom is 0.352 e. The summed E-state index contributed by atoms with van der Waals surface area (Å²) in [5.41, 5.74) is 0.301. The fourth-order valence-electron chi connectivity index (χ4n) is 1.51. The Morgan fingerprint density at radius 1 is 1.62 bits per heavy atom. The molecule has 0 aliphatic carbocycles. The second kappa shape index (κ2) is 4.52. The number of hydrogen-bond acceptors (Lipinski definition) is 5. The summed E-state index contributed by atoms with van der Waals surface area (Å²) in [6.45, 7) is 7.74. The molecule has 0 saturated carbocycles. The maximum atomic E-state index is 11.5. The van der Waals surface area contributed by atoms with Gasteiger partial charge in [0.15, 0.2) is 0 Å². The van der Waals surface area contributed by atoms with E-state index in [0.717, 1.165) is 0 Å². The van der Waals surface area contributed by atoms with Crippen LogP contribution < -0.4 is 0 Å². The summed E-state index contributed by atoms with van der Waals surface area (Å²) in [5.74, 6) is -1.18. The van der Waals surface area contributed by atoms with Gasteiger partial charge in [-0.1, -0.05) is 25.9 Å². The van der Waals surface area contributed by atoms with E-state index in [1.807, 2.05) is 20.8 Å². The second-order valence-corrected chi connectivity index (χ2v) is 4.61. The van der Waals surface area contributed by atoms with Gasteiger partial charge < -0.3 is 9.57 Å². The van der Waals surface area contributed by atoms with Gasteiger partial charge in [0, 0.05) is 5.41 Å². The van der Waals surface area contributed by atoms with Crippen molar-refractivity contribution >= 4 is 11.7 Å². The Morgan fingerprint density at radius 2 is 2.25 bits per heavy atom. The molecular formula is C11H16N2O3. The summed E-state index contributed by atoms with van der Waals surface area (Å²) in [6.07, 6.45) is -0.917. The van der Waals surface area contributed by atoms with Gasteiger partial charge in [0.1, 0.15) is 5.92 Å². The number of carbonyl (C=O) groups excluding carboxylic acids is 1. The summed E-state index contributed by atoms with van der Waals surface area (Å²) in [4.78, 5) is 16.5. The largest absolute Gasteiger partial charge is 0.463 e. The molecule has 88 valence electrons. The zero-order valence-corrected chi connectivity index (χ0v) is 9.98. The molecule has 1 heterocycles. The van der Waals surface area contributed by atoms with E-state index < -0.39 is 18.0 Å². The second-order valence-electron chi connectivity index (χ2n) is 4.61. The minimum Gasteiger partial charge on any atom is -0.463 e. The Kier molecular flexibility index (Phi) is 3.53. The third-order valence-corrected chi connectivity index (χ3v) is 2.29. The lowest BCUT2D eigenvalue weighted by Crippen LogP contribution is -2.36. The van der Waals surface area contributed by atoms with Gasteiger partial charge in [0.2, 0.25) is 6.10 Å². The molecule has 0 N–H and O–H groups in total. The van der Waals surface area contributed by atoms with E-state index in [9.17, 15) is 4.79 Å². The van der Waals surface area contributed by atoms with Crippen LogP contribution >= 0.6 is 0 Å². The fourth-order valence-corrected chi connectivity index (χ4v) is 1.51. The van der Waals surface area contributed by atoms with Crippen LogP contribution in [0, 0.1) is 22.7 Å². The van der Waals surface area contributed by atoms with E-state index >= 15 is 0 Å². The molecule has 0 amide bonds. The molecular weight excluding hydrogens is 208 g/mol. The van der Waals surface area contributed by atoms with Gasteiger partial charge in [-0.15, -0.1) is 0 Å². The highest BCUT2D eigenvalue weighted by Gasteiger charge is 2.44. The van der Waals surface area contributed by atoms with Crippen LogP contribution in [0.5, 0.6) is 0 Å². The molecule has 0 radical (unpaired) electrons. The molecule has 2 atom stereocenters. The number of esters is 1. The van der Waals surface area contributed by atoms with Gasteiger partial charge in [-0.2, -0.15) is 5.26 Å². The molecule has 5 heteroatoms. The van der Waals surface area contributed by atoms with Crippen LogP contribution in [-0.4, -0.2) is 24.4 Å². The lowest BCUT2D eigenvalue weighted by molar-refractivity contribution is -0.156. The Balaban J connectivity index is 2.84. The molecule has 1 aliphatic rings. The molecule has 0 bridgehead atoms. The fraction of sp³-hybridized carbons (Fsp3) is 0.727. The zero-order valence-electron chi connectivity index (χ0n) is 9.98. The van der Waals surface area contributed by atoms with E-state index in [1.54, 1.807) is 6.92 Å². The lowest BCUT2D eigenvalue weighted by Gasteiger charge is -2.20. The molecule has 0 aromatic carbocycles. The Labute approximate surface area is 95.0 Å². The average Bonchev–Trinajstić information content (AvgIpc) is 2.60. The SMILES string of the molecule is CCOC(=O)C1ON=C(C(C)(C)C)C1C#N. The first-order chi connectivity index (χ1) is 7.41. The first-order valence-corrected chi connectivity index (χ1v) is 5.22. The lowest BCUT2D eigenvalue weighted by atomic mass is 9.81. The first kappa shape index (κ1) is 12.5. The first-order valence-electron chi connectivity index (χ1n) is 5.22. The number of rotatable bonds is 2. The third-order valence-electron chi connectivity index (χ3n) is 2.29. The van der Waals surface area contributed by atoms with Crippen LogP contribution in [0.1, 0.15) is 27.7 Å². The third kappa shape index (κ3) is 2.32. The van der Waals surface area contributed by atoms with E-state index in [-0.39, 0.29) is 12.0 Å². The van der Waals surface area contributed by atoms with Crippen molar-refractivity contribution in [2.75, 3.05) is 6.61 Å². The number of hydrogen-bond donors (Lipinski definition) is 0. The summed E-state index contributed by atoms with van der Waals surface area (Å²) in [6, 6.07) is 2.05. The Hall–Kier alpha value is -1.57. The molecule has 5 nitrogen and oxygen atoms in total. The quantitative estimate of drug-likeness (QED) is 0.666. The standard InChI is InChI=1S/C11H16N2O3/c1-5-15-10(14)8-7(6-12)9(13-16-8)11(2,3)4/h7-8H,5H2,1-4H3. The molecule has 0 fully saturated rings. The van der Waals surface area contributed by atoms with Gasteiger partial charge in [-0.05, 0) is 6.92 Å². The summed E-state index contributed by atoms with van der Waals surface area (Å²) < 4.78 is 4.83. The van der Waals surface area contributed by atoms with E-state index in [2.05, 4.69) is 11.2 Å². The normalized spacial score (nSPS) is 24.3. The molecule has 1 rings (SSSR count). The highest BCUT2D eigenvalue weighted by atomic mass is 16.7. The molecule has 1 aliphatic heterocycles. The number of carbonyl (C=O) groups is 1. The van der Waals surface area contributed by atoms with Crippen LogP contribution in [0.25, 0.3) is 0 Å². The molecule has 0 saturated heterocycles. The van der Waals surface area contributed by atoms with Crippen molar-refractivity contribution in [2.45, 2.75) is 33.8 Å². The zero-order chi connectivity index (χ0) is 12.3. The van der Waals surface area contributed by atoms with Gasteiger partial charge in [-0.25, -0.2) is 4.79 Å². The predicted molar refractivity (Wildman–Crippen MR) is 57.5 cm³/mol. The molecule has 16 heavy (non-hydrogen) atoms. The topological polar surface area (TPSA) is 71.7 Å². The minimum absolute atomic E-state index is 0.266. The van der Waals surface area contributed by atoms with Gasteiger partial charge in [0.25, 0.3) is 0 Å². The predicted octanol–water partition coefficient (Wildman–Crippen LogP) is 1.49. The van der Waals surface area contributed by atoms with Crippen molar-refractivity contribution in [3.63, 3.8) is 0 Å². The smallest absolute Gasteiger partial charge is 0.352 e. The minimum atomic E-state index is -0.917. The maximum absolute atomic E-state index is 11.5. The summed E-state index contributed by atoms with van der Waals surface area (Å²) >= 11 is 0. The molecule has 0 aromatic rings. The number of oxime groups is 1. The van der Waals surface area contributed by atoms with Crippen LogP contribution in [0.2, 0.25) is 0 Å². The van der Waals surface area contributed by atoms with Gasteiger partial charge >= 0.3 is 5.97 Å². The van der Waals surface area contributed by atoms with Crippen molar-refractivity contribution in [2.24, 2.45) is 16.5 Å². The monoisotopic (exact) mass is 224 g/mol. The number of ether oxygens (including phenoxy) is 1. The van der Waals surface area contributed by atoms with Crippen molar-refractivity contribution in [3.05, 3.63) is 0 Å². The van der Waals surface area contributed by atoms with Crippen molar-refractivity contribution in [1.82, 2.24) is 0 Å². The number of nitrogens with zero attached hydrogens (tertiary/aromatic N) is 2. The van der Waals surface area contributed by atoms with Crippen LogP contribution in [-0.2, 0) is 14.4 Å². The van der Waals surface area contributed by atoms with Crippen LogP contribution in [0.4, 0.5) is 0 Å². The van der Waals surface area contributed by atoms with E-state index in [1.165, 1.54) is 0 Å². The molecule has 2 unspecified atom stereocenters. The number of nitriles is 1. The Bertz CT molecular complexity index is 349.